The molecule has 4 aliphatic rings. The van der Waals surface area contributed by atoms with Crippen molar-refractivity contribution in [3.05, 3.63) is 94.8 Å². The van der Waals surface area contributed by atoms with Crippen LogP contribution in [-0.4, -0.2) is 90.4 Å². The van der Waals surface area contributed by atoms with E-state index in [1.165, 1.54) is 60.9 Å². The van der Waals surface area contributed by atoms with Crippen molar-refractivity contribution >= 4 is 70.3 Å². The van der Waals surface area contributed by atoms with E-state index < -0.39 is 35.5 Å². The fourth-order valence-corrected chi connectivity index (χ4v) is 7.71. The van der Waals surface area contributed by atoms with Crippen LogP contribution in [0.2, 0.25) is 0 Å². The van der Waals surface area contributed by atoms with Gasteiger partial charge in [0.1, 0.15) is 11.6 Å². The molecule has 4 aromatic heterocycles. The van der Waals surface area contributed by atoms with Gasteiger partial charge in [-0.2, -0.15) is 0 Å². The van der Waals surface area contributed by atoms with Gasteiger partial charge in [-0.05, 0) is 103 Å². The molecule has 21 nitrogen and oxygen atoms in total. The Hall–Kier alpha value is -7.68. The highest BCUT2D eigenvalue weighted by molar-refractivity contribution is 6.39. The SMILES string of the molecule is C.C[C@@H]1CC[C@@H](c2cnc3c(c2)CCC(=O)N3)N(C(=O)C(=O)Nc2cncc(C(N)=O)c2)C1.C[C@@H]1CC[C@@H](c2cnc3c(c2)CCC(=O)N3)NC1.NC(=O)c1cncc(NC(=O)C(=O)O)c1. The molecule has 21 heteroatoms. The number of rotatable bonds is 6. The topological polar surface area (TPSA) is 324 Å². The van der Waals surface area contributed by atoms with Crippen molar-refractivity contribution in [2.45, 2.75) is 84.7 Å². The minimum absolute atomic E-state index is 0. The van der Waals surface area contributed by atoms with Gasteiger partial charge in [-0.1, -0.05) is 21.3 Å². The average molecular weight is 907 g/mol. The molecule has 0 bridgehead atoms. The number of carbonyl (C=O) groups excluding carboxylic acids is 7. The Morgan fingerprint density at radius 1 is 0.667 bits per heavy atom. The molecule has 2 saturated heterocycles. The average Bonchev–Trinajstić information content (AvgIpc) is 3.29. The number of amides is 7. The predicted molar refractivity (Wildman–Crippen MR) is 242 cm³/mol. The summed E-state index contributed by atoms with van der Waals surface area (Å²) in [6.07, 6.45) is 15.0. The first kappa shape index (κ1) is 49.3. The lowest BCUT2D eigenvalue weighted by molar-refractivity contribution is -0.147. The number of carboxylic acid groups (broad SMARTS) is 1. The van der Waals surface area contributed by atoms with E-state index in [1.807, 2.05) is 24.5 Å². The van der Waals surface area contributed by atoms with Crippen LogP contribution in [-0.2, 0) is 41.6 Å². The minimum atomic E-state index is -1.63. The zero-order valence-electron chi connectivity index (χ0n) is 35.8. The van der Waals surface area contributed by atoms with Crippen molar-refractivity contribution in [2.75, 3.05) is 34.4 Å². The van der Waals surface area contributed by atoms with Crippen LogP contribution >= 0.6 is 0 Å². The Labute approximate surface area is 380 Å². The molecular weight excluding hydrogens is 853 g/mol. The number of nitrogens with two attached hydrogens (primary N) is 2. The molecule has 2 fully saturated rings. The van der Waals surface area contributed by atoms with E-state index in [1.54, 1.807) is 11.1 Å². The van der Waals surface area contributed by atoms with Gasteiger partial charge in [-0.25, -0.2) is 14.8 Å². The number of carboxylic acids is 1. The van der Waals surface area contributed by atoms with Crippen LogP contribution in [0, 0.1) is 11.8 Å². The van der Waals surface area contributed by atoms with Crippen LogP contribution in [0.15, 0.2) is 61.4 Å². The second kappa shape index (κ2) is 22.3. The molecule has 348 valence electrons. The van der Waals surface area contributed by atoms with Crippen LogP contribution in [0.25, 0.3) is 0 Å². The molecule has 8 rings (SSSR count). The number of nitrogens with zero attached hydrogens (tertiary/aromatic N) is 5. The molecule has 7 amide bonds. The van der Waals surface area contributed by atoms with Crippen LogP contribution in [0.3, 0.4) is 0 Å². The third kappa shape index (κ3) is 13.0. The molecule has 4 aliphatic heterocycles. The number of carbonyl (C=O) groups is 8. The van der Waals surface area contributed by atoms with Gasteiger partial charge in [-0.15, -0.1) is 0 Å². The van der Waals surface area contributed by atoms with E-state index in [4.69, 9.17) is 16.6 Å². The number of hydrogen-bond acceptors (Lipinski definition) is 13. The third-order valence-electron chi connectivity index (χ3n) is 11.2. The smallest absolute Gasteiger partial charge is 0.394 e. The van der Waals surface area contributed by atoms with Crippen LogP contribution < -0.4 is 38.1 Å². The summed E-state index contributed by atoms with van der Waals surface area (Å²) in [4.78, 5) is 110. The Kier molecular flexibility index (Phi) is 16.7. The molecule has 0 radical (unpaired) electrons. The summed E-state index contributed by atoms with van der Waals surface area (Å²) < 4.78 is 0. The second-order valence-corrected chi connectivity index (χ2v) is 16.3. The zero-order chi connectivity index (χ0) is 46.8. The number of aromatic nitrogens is 4. The number of anilines is 4. The molecule has 0 saturated carbocycles. The summed E-state index contributed by atoms with van der Waals surface area (Å²) in [5, 5.41) is 22.0. The van der Waals surface area contributed by atoms with Crippen LogP contribution in [0.4, 0.5) is 23.0 Å². The highest BCUT2D eigenvalue weighted by Crippen LogP contribution is 2.35. The second-order valence-electron chi connectivity index (χ2n) is 16.3. The van der Waals surface area contributed by atoms with E-state index in [2.05, 4.69) is 54.2 Å². The molecule has 10 N–H and O–H groups in total. The number of aliphatic carboxylic acids is 1. The van der Waals surface area contributed by atoms with Gasteiger partial charge in [0.2, 0.25) is 23.6 Å². The zero-order valence-corrected chi connectivity index (χ0v) is 35.8. The molecule has 4 atom stereocenters. The van der Waals surface area contributed by atoms with E-state index in [9.17, 15) is 38.4 Å². The first-order valence-electron chi connectivity index (χ1n) is 21.0. The largest absolute Gasteiger partial charge is 0.474 e. The van der Waals surface area contributed by atoms with Crippen molar-refractivity contribution < 1.29 is 43.5 Å². The van der Waals surface area contributed by atoms with Gasteiger partial charge in [0.05, 0.1) is 40.9 Å². The predicted octanol–water partition coefficient (Wildman–Crippen LogP) is 3.27. The molecule has 0 aromatic carbocycles. The summed E-state index contributed by atoms with van der Waals surface area (Å²) in [6.45, 7) is 5.84. The maximum Gasteiger partial charge on any atom is 0.394 e. The van der Waals surface area contributed by atoms with Gasteiger partial charge in [-0.3, -0.25) is 43.5 Å². The molecular formula is C45H54N12O9. The summed E-state index contributed by atoms with van der Waals surface area (Å²) in [7, 11) is 0. The Morgan fingerprint density at radius 2 is 1.18 bits per heavy atom. The monoisotopic (exact) mass is 906 g/mol. The summed E-state index contributed by atoms with van der Waals surface area (Å²) in [5.41, 5.74) is 14.9. The lowest BCUT2D eigenvalue weighted by atomic mass is 9.89. The van der Waals surface area contributed by atoms with Gasteiger partial charge in [0, 0.05) is 50.2 Å². The molecule has 0 spiro atoms. The summed E-state index contributed by atoms with van der Waals surface area (Å²) in [6, 6.07) is 6.90. The minimum Gasteiger partial charge on any atom is -0.474 e. The number of aryl methyl sites for hydroxylation is 2. The number of piperidine rings is 2. The van der Waals surface area contributed by atoms with Gasteiger partial charge < -0.3 is 48.1 Å². The number of pyridine rings is 4. The Morgan fingerprint density at radius 3 is 1.70 bits per heavy atom. The van der Waals surface area contributed by atoms with Gasteiger partial charge >= 0.3 is 23.7 Å². The normalized spacial score (nSPS) is 19.4. The van der Waals surface area contributed by atoms with E-state index in [-0.39, 0.29) is 53.7 Å². The number of primary amides is 2. The molecule has 0 unspecified atom stereocenters. The highest BCUT2D eigenvalue weighted by Gasteiger charge is 2.35. The number of hydrogen-bond donors (Lipinski definition) is 8. The Balaban J connectivity index is 0.000000203. The van der Waals surface area contributed by atoms with Crippen molar-refractivity contribution in [1.82, 2.24) is 30.2 Å². The van der Waals surface area contributed by atoms with E-state index >= 15 is 0 Å². The van der Waals surface area contributed by atoms with E-state index in [0.29, 0.717) is 44.1 Å². The van der Waals surface area contributed by atoms with Crippen molar-refractivity contribution in [1.29, 1.82) is 0 Å². The van der Waals surface area contributed by atoms with Gasteiger partial charge in [0.15, 0.2) is 0 Å². The van der Waals surface area contributed by atoms with E-state index in [0.717, 1.165) is 42.2 Å². The highest BCUT2D eigenvalue weighted by atomic mass is 16.4. The third-order valence-corrected chi connectivity index (χ3v) is 11.2. The summed E-state index contributed by atoms with van der Waals surface area (Å²) >= 11 is 0. The van der Waals surface area contributed by atoms with Gasteiger partial charge in [0.25, 0.3) is 0 Å². The van der Waals surface area contributed by atoms with Crippen LogP contribution in [0.1, 0.15) is 115 Å². The number of likely N-dealkylation sites (tertiary alicyclic amines) is 1. The maximum atomic E-state index is 13.1. The lowest BCUT2D eigenvalue weighted by Crippen LogP contribution is -2.46. The molecule has 4 aromatic rings. The maximum absolute atomic E-state index is 13.1. The fourth-order valence-electron chi connectivity index (χ4n) is 7.71. The lowest BCUT2D eigenvalue weighted by Gasteiger charge is -2.38. The first-order chi connectivity index (χ1) is 31.0. The first-order valence-corrected chi connectivity index (χ1v) is 21.0. The number of fused-ring (bicyclic) bond motifs is 2. The fraction of sp³-hybridized carbons (Fsp3) is 0.378. The summed E-state index contributed by atoms with van der Waals surface area (Å²) in [5.74, 6) is -3.39. The van der Waals surface area contributed by atoms with Crippen molar-refractivity contribution in [2.24, 2.45) is 23.3 Å². The molecule has 8 heterocycles. The standard InChI is InChI=1S/C22H24N6O4.C14H19N3O.C8H7N3O4.CH4/c1-12-2-4-17(14-6-13-3-5-18(29)27-20(13)25-9-14)28(11-12)22(32)21(31)26-16-7-15(19(23)30)8-24-10-16;1-9-2-4-12(15-7-9)11-6-10-3-5-13(18)17-14(10)16-8-11;9-6(12)4-1-5(3-10-2-4)11-7(13)8(14)15;/h6-10,12,17H,2-5,11H2,1H3,(H2,23,30)(H,26,31)(H,25,27,29);6,8-9,12,15H,2-5,7H2,1H3,(H,16,17,18);1-3H,(H2,9,12)(H,11,13)(H,14,15);1H4/t12-,17+;9-,12+;;/m11../s1. The molecule has 0 aliphatic carbocycles. The molecule has 66 heavy (non-hydrogen) atoms. The Bertz CT molecular complexity index is 2510. The van der Waals surface area contributed by atoms with Crippen molar-refractivity contribution in [3.63, 3.8) is 0 Å². The quantitative estimate of drug-likeness (QED) is 0.129. The van der Waals surface area contributed by atoms with Crippen molar-refractivity contribution in [3.8, 4) is 0 Å². The number of nitrogens with one attached hydrogen (secondary N) is 5. The van der Waals surface area contributed by atoms with Crippen LogP contribution in [0.5, 0.6) is 0 Å².